The second kappa shape index (κ2) is 6.53. The minimum atomic E-state index is -4.37. The summed E-state index contributed by atoms with van der Waals surface area (Å²) in [7, 11) is 0. The van der Waals surface area contributed by atoms with Gasteiger partial charge in [0.15, 0.2) is 0 Å². The maximum Gasteiger partial charge on any atom is 0.484 e. The van der Waals surface area contributed by atoms with Gasteiger partial charge in [0, 0.05) is 17.3 Å². The van der Waals surface area contributed by atoms with E-state index in [1.54, 1.807) is 18.2 Å². The second-order valence-corrected chi connectivity index (χ2v) is 5.99. The van der Waals surface area contributed by atoms with Crippen LogP contribution in [0.5, 0.6) is 11.5 Å². The van der Waals surface area contributed by atoms with E-state index in [4.69, 9.17) is 22.1 Å². The molecule has 24 heavy (non-hydrogen) atoms. The highest BCUT2D eigenvalue weighted by Gasteiger charge is 2.41. The van der Waals surface area contributed by atoms with Crippen molar-refractivity contribution in [3.8, 4) is 11.5 Å². The summed E-state index contributed by atoms with van der Waals surface area (Å²) >= 11 is 6.00. The molecule has 3 nitrogen and oxygen atoms in total. The number of nitrogens with two attached hydrogens (primary N) is 1. The Morgan fingerprint density at radius 3 is 2.67 bits per heavy atom. The third-order valence-corrected chi connectivity index (χ3v) is 4.16. The minimum Gasteiger partial charge on any atom is -0.457 e. The summed E-state index contributed by atoms with van der Waals surface area (Å²) in [5, 5.41) is 0.523. The van der Waals surface area contributed by atoms with Crippen LogP contribution >= 0.6 is 11.6 Å². The molecule has 0 fully saturated rings. The summed E-state index contributed by atoms with van der Waals surface area (Å²) in [6, 6.07) is 9.90. The SMILES string of the molecule is NCCc1ccc(Cl)cc1Oc1ccc2c(c1)CCN2C(F)(F)F. The molecule has 7 heteroatoms. The highest BCUT2D eigenvalue weighted by atomic mass is 35.5. The van der Waals surface area contributed by atoms with E-state index in [2.05, 4.69) is 0 Å². The number of benzene rings is 2. The molecule has 0 bridgehead atoms. The first-order chi connectivity index (χ1) is 11.4. The molecule has 3 rings (SSSR count). The zero-order valence-corrected chi connectivity index (χ0v) is 13.5. The van der Waals surface area contributed by atoms with Crippen LogP contribution in [0.2, 0.25) is 5.02 Å². The van der Waals surface area contributed by atoms with Crippen LogP contribution in [0.15, 0.2) is 36.4 Å². The number of anilines is 1. The molecular formula is C17H16ClF3N2O. The van der Waals surface area contributed by atoms with Gasteiger partial charge in [-0.25, -0.2) is 0 Å². The van der Waals surface area contributed by atoms with E-state index < -0.39 is 6.30 Å². The fraction of sp³-hybridized carbons (Fsp3) is 0.294. The predicted octanol–water partition coefficient (Wildman–Crippen LogP) is 4.52. The van der Waals surface area contributed by atoms with Crippen LogP contribution in [0, 0.1) is 0 Å². The third-order valence-electron chi connectivity index (χ3n) is 3.92. The number of hydrogen-bond donors (Lipinski definition) is 1. The van der Waals surface area contributed by atoms with Gasteiger partial charge in [-0.2, -0.15) is 13.2 Å². The quantitative estimate of drug-likeness (QED) is 0.819. The van der Waals surface area contributed by atoms with E-state index in [1.165, 1.54) is 12.1 Å². The molecule has 0 atom stereocenters. The summed E-state index contributed by atoms with van der Waals surface area (Å²) in [6.07, 6.45) is -3.41. The maximum absolute atomic E-state index is 12.9. The zero-order valence-electron chi connectivity index (χ0n) is 12.7. The Labute approximate surface area is 142 Å². The topological polar surface area (TPSA) is 38.5 Å². The number of fused-ring (bicyclic) bond motifs is 1. The van der Waals surface area contributed by atoms with Crippen LogP contribution < -0.4 is 15.4 Å². The van der Waals surface area contributed by atoms with Crippen molar-refractivity contribution in [1.82, 2.24) is 0 Å². The molecule has 0 aromatic heterocycles. The number of alkyl halides is 3. The summed E-state index contributed by atoms with van der Waals surface area (Å²) in [6.45, 7) is 0.389. The van der Waals surface area contributed by atoms with Gasteiger partial charge in [0.1, 0.15) is 11.5 Å². The molecule has 0 unspecified atom stereocenters. The molecule has 0 amide bonds. The van der Waals surface area contributed by atoms with Crippen molar-refractivity contribution >= 4 is 17.3 Å². The Bertz CT molecular complexity index is 749. The van der Waals surface area contributed by atoms with Crippen molar-refractivity contribution in [2.24, 2.45) is 5.73 Å². The molecule has 0 spiro atoms. The van der Waals surface area contributed by atoms with E-state index in [1.807, 2.05) is 6.07 Å². The van der Waals surface area contributed by atoms with Crippen molar-refractivity contribution < 1.29 is 17.9 Å². The van der Waals surface area contributed by atoms with Gasteiger partial charge in [-0.15, -0.1) is 0 Å². The fourth-order valence-electron chi connectivity index (χ4n) is 2.82. The Balaban J connectivity index is 1.87. The Kier molecular flexibility index (Phi) is 4.60. The molecule has 1 heterocycles. The number of ether oxygens (including phenoxy) is 1. The third kappa shape index (κ3) is 3.44. The minimum absolute atomic E-state index is 0.0716. The average molecular weight is 357 g/mol. The highest BCUT2D eigenvalue weighted by Crippen LogP contribution is 2.39. The molecule has 1 aliphatic rings. The molecule has 0 saturated carbocycles. The van der Waals surface area contributed by atoms with Gasteiger partial charge in [-0.05, 0) is 60.8 Å². The molecule has 2 aromatic carbocycles. The van der Waals surface area contributed by atoms with Gasteiger partial charge in [-0.1, -0.05) is 17.7 Å². The Morgan fingerprint density at radius 1 is 1.17 bits per heavy atom. The van der Waals surface area contributed by atoms with E-state index in [0.717, 1.165) is 5.56 Å². The molecule has 0 aliphatic carbocycles. The first-order valence-corrected chi connectivity index (χ1v) is 7.90. The van der Waals surface area contributed by atoms with Gasteiger partial charge in [-0.3, -0.25) is 4.90 Å². The number of halogens is 4. The summed E-state index contributed by atoms with van der Waals surface area (Å²) in [5.74, 6) is 1.05. The number of nitrogens with zero attached hydrogens (tertiary/aromatic N) is 1. The second-order valence-electron chi connectivity index (χ2n) is 5.55. The zero-order chi connectivity index (χ0) is 17.3. The predicted molar refractivity (Wildman–Crippen MR) is 87.8 cm³/mol. The normalized spacial score (nSPS) is 14.0. The molecule has 0 saturated heterocycles. The molecule has 2 N–H and O–H groups in total. The van der Waals surface area contributed by atoms with Crippen LogP contribution in [0.4, 0.5) is 18.9 Å². The Morgan fingerprint density at radius 2 is 1.96 bits per heavy atom. The summed E-state index contributed by atoms with van der Waals surface area (Å²) in [4.78, 5) is 0.450. The number of hydrogen-bond acceptors (Lipinski definition) is 3. The van der Waals surface area contributed by atoms with Gasteiger partial charge in [0.2, 0.25) is 0 Å². The lowest BCUT2D eigenvalue weighted by Gasteiger charge is -2.22. The van der Waals surface area contributed by atoms with Gasteiger partial charge < -0.3 is 10.5 Å². The monoisotopic (exact) mass is 356 g/mol. The lowest BCUT2D eigenvalue weighted by molar-refractivity contribution is -0.127. The molecule has 2 aromatic rings. The summed E-state index contributed by atoms with van der Waals surface area (Å²) < 4.78 is 44.7. The van der Waals surface area contributed by atoms with E-state index in [9.17, 15) is 13.2 Å². The van der Waals surface area contributed by atoms with E-state index >= 15 is 0 Å². The first kappa shape index (κ1) is 16.9. The van der Waals surface area contributed by atoms with Crippen LogP contribution in [-0.2, 0) is 12.8 Å². The van der Waals surface area contributed by atoms with E-state index in [-0.39, 0.29) is 12.2 Å². The smallest absolute Gasteiger partial charge is 0.457 e. The summed E-state index contributed by atoms with van der Waals surface area (Å²) in [5.41, 5.74) is 7.29. The van der Waals surface area contributed by atoms with Crippen LogP contribution in [0.1, 0.15) is 11.1 Å². The van der Waals surface area contributed by atoms with Crippen molar-refractivity contribution in [3.05, 3.63) is 52.5 Å². The molecule has 1 aliphatic heterocycles. The largest absolute Gasteiger partial charge is 0.484 e. The van der Waals surface area contributed by atoms with Crippen LogP contribution in [-0.4, -0.2) is 19.4 Å². The van der Waals surface area contributed by atoms with Crippen molar-refractivity contribution in [2.75, 3.05) is 18.0 Å². The first-order valence-electron chi connectivity index (χ1n) is 7.52. The lowest BCUT2D eigenvalue weighted by atomic mass is 10.1. The maximum atomic E-state index is 12.9. The Hall–Kier alpha value is -1.92. The van der Waals surface area contributed by atoms with Crippen molar-refractivity contribution in [1.29, 1.82) is 0 Å². The van der Waals surface area contributed by atoms with Gasteiger partial charge >= 0.3 is 6.30 Å². The fourth-order valence-corrected chi connectivity index (χ4v) is 2.98. The van der Waals surface area contributed by atoms with Crippen LogP contribution in [0.25, 0.3) is 0 Å². The van der Waals surface area contributed by atoms with E-state index in [0.29, 0.717) is 46.4 Å². The van der Waals surface area contributed by atoms with Crippen LogP contribution in [0.3, 0.4) is 0 Å². The molecule has 128 valence electrons. The lowest BCUT2D eigenvalue weighted by Crippen LogP contribution is -2.36. The average Bonchev–Trinajstić information content (AvgIpc) is 2.93. The standard InChI is InChI=1S/C17H16ClF3N2O/c18-13-2-1-11(5-7-22)16(10-13)24-14-3-4-15-12(9-14)6-8-23(15)17(19,20)21/h1-4,9-10H,5-8,22H2. The molecular weight excluding hydrogens is 341 g/mol. The van der Waals surface area contributed by atoms with Gasteiger partial charge in [0.25, 0.3) is 0 Å². The van der Waals surface area contributed by atoms with Gasteiger partial charge in [0.05, 0.1) is 0 Å². The van der Waals surface area contributed by atoms with Crippen molar-refractivity contribution in [3.63, 3.8) is 0 Å². The number of rotatable bonds is 4. The van der Waals surface area contributed by atoms with Crippen molar-refractivity contribution in [2.45, 2.75) is 19.1 Å². The molecule has 0 radical (unpaired) electrons. The highest BCUT2D eigenvalue weighted by molar-refractivity contribution is 6.30.